The normalized spacial score (nSPS) is 11.7. The minimum Gasteiger partial charge on any atom is -0.469 e. The first-order chi connectivity index (χ1) is 9.20. The van der Waals surface area contributed by atoms with Crippen LogP contribution >= 0.6 is 0 Å². The number of sulfonamides is 1. The minimum atomic E-state index is -3.66. The molecule has 6 nitrogen and oxygen atoms in total. The SMILES string of the molecule is COC(=O)CCN(C)S(=O)(=O)c1cc(C)c(C)c(N)c1. The highest BCUT2D eigenvalue weighted by molar-refractivity contribution is 7.89. The lowest BCUT2D eigenvalue weighted by atomic mass is 10.1. The van der Waals surface area contributed by atoms with Crippen LogP contribution in [0.1, 0.15) is 17.5 Å². The molecule has 0 aliphatic rings. The molecule has 0 aliphatic carbocycles. The summed E-state index contributed by atoms with van der Waals surface area (Å²) < 4.78 is 30.3. The van der Waals surface area contributed by atoms with Crippen LogP contribution in [-0.2, 0) is 19.6 Å². The number of carbonyl (C=O) groups excluding carboxylic acids is 1. The highest BCUT2D eigenvalue weighted by Crippen LogP contribution is 2.23. The monoisotopic (exact) mass is 300 g/mol. The maximum atomic E-state index is 12.4. The summed E-state index contributed by atoms with van der Waals surface area (Å²) in [5.74, 6) is -0.452. The van der Waals surface area contributed by atoms with Crippen LogP contribution in [0.3, 0.4) is 0 Å². The van der Waals surface area contributed by atoms with Crippen molar-refractivity contribution in [1.29, 1.82) is 0 Å². The molecule has 0 saturated heterocycles. The van der Waals surface area contributed by atoms with Gasteiger partial charge in [-0.3, -0.25) is 4.79 Å². The van der Waals surface area contributed by atoms with E-state index in [1.165, 1.54) is 20.2 Å². The Morgan fingerprint density at radius 1 is 1.35 bits per heavy atom. The molecule has 0 saturated carbocycles. The quantitative estimate of drug-likeness (QED) is 0.649. The molecular weight excluding hydrogens is 280 g/mol. The van der Waals surface area contributed by atoms with Gasteiger partial charge in [-0.2, -0.15) is 0 Å². The standard InChI is InChI=1S/C13H20N2O4S/c1-9-7-11(8-12(14)10(9)2)20(17,18)15(3)6-5-13(16)19-4/h7-8H,5-6,14H2,1-4H3. The average molecular weight is 300 g/mol. The molecule has 0 heterocycles. The van der Waals surface area contributed by atoms with E-state index in [9.17, 15) is 13.2 Å². The van der Waals surface area contributed by atoms with Gasteiger partial charge in [0.2, 0.25) is 10.0 Å². The lowest BCUT2D eigenvalue weighted by molar-refractivity contribution is -0.140. The predicted octanol–water partition coefficient (Wildman–Crippen LogP) is 1.07. The van der Waals surface area contributed by atoms with Gasteiger partial charge in [-0.25, -0.2) is 12.7 Å². The van der Waals surface area contributed by atoms with Crippen LogP contribution in [0, 0.1) is 13.8 Å². The van der Waals surface area contributed by atoms with Crippen molar-refractivity contribution in [2.45, 2.75) is 25.2 Å². The number of nitrogen functional groups attached to an aromatic ring is 1. The molecule has 0 amide bonds. The van der Waals surface area contributed by atoms with Crippen LogP contribution in [0.4, 0.5) is 5.69 Å². The summed E-state index contributed by atoms with van der Waals surface area (Å²) in [6.45, 7) is 3.70. The zero-order valence-electron chi connectivity index (χ0n) is 12.1. The fraction of sp³-hybridized carbons (Fsp3) is 0.462. The Kier molecular flexibility index (Phi) is 5.13. The molecule has 0 atom stereocenters. The van der Waals surface area contributed by atoms with Crippen molar-refractivity contribution in [2.75, 3.05) is 26.4 Å². The van der Waals surface area contributed by atoms with Crippen LogP contribution in [-0.4, -0.2) is 39.4 Å². The molecule has 0 radical (unpaired) electrons. The Morgan fingerprint density at radius 2 is 1.95 bits per heavy atom. The number of nitrogens with two attached hydrogens (primary N) is 1. The maximum absolute atomic E-state index is 12.4. The van der Waals surface area contributed by atoms with Crippen LogP contribution in [0.2, 0.25) is 0 Å². The first-order valence-electron chi connectivity index (χ1n) is 6.10. The molecule has 1 aromatic rings. The van der Waals surface area contributed by atoms with Gasteiger partial charge in [-0.15, -0.1) is 0 Å². The summed E-state index contributed by atoms with van der Waals surface area (Å²) in [7, 11) is -0.974. The number of carbonyl (C=O) groups is 1. The van der Waals surface area contributed by atoms with Crippen LogP contribution < -0.4 is 5.73 Å². The minimum absolute atomic E-state index is 0.00650. The van der Waals surface area contributed by atoms with Crippen molar-refractivity contribution < 1.29 is 17.9 Å². The Morgan fingerprint density at radius 3 is 2.45 bits per heavy atom. The largest absolute Gasteiger partial charge is 0.469 e. The topological polar surface area (TPSA) is 89.7 Å². The zero-order chi connectivity index (χ0) is 15.5. The summed E-state index contributed by atoms with van der Waals surface area (Å²) in [4.78, 5) is 11.2. The van der Waals surface area contributed by atoms with E-state index in [1.54, 1.807) is 13.0 Å². The molecule has 20 heavy (non-hydrogen) atoms. The molecule has 0 unspecified atom stereocenters. The van der Waals surface area contributed by atoms with Crippen molar-refractivity contribution in [1.82, 2.24) is 4.31 Å². The third kappa shape index (κ3) is 3.49. The van der Waals surface area contributed by atoms with Gasteiger partial charge in [0.1, 0.15) is 0 Å². The lowest BCUT2D eigenvalue weighted by Gasteiger charge is -2.18. The third-order valence-electron chi connectivity index (χ3n) is 3.25. The van der Waals surface area contributed by atoms with Gasteiger partial charge in [-0.1, -0.05) is 0 Å². The van der Waals surface area contributed by atoms with Gasteiger partial charge < -0.3 is 10.5 Å². The Hall–Kier alpha value is -1.60. The highest BCUT2D eigenvalue weighted by Gasteiger charge is 2.22. The summed E-state index contributed by atoms with van der Waals surface area (Å²) in [6, 6.07) is 3.02. The molecule has 112 valence electrons. The number of benzene rings is 1. The number of rotatable bonds is 5. The molecule has 1 rings (SSSR count). The molecule has 0 aliphatic heterocycles. The predicted molar refractivity (Wildman–Crippen MR) is 76.8 cm³/mol. The van der Waals surface area contributed by atoms with Gasteiger partial charge in [0.15, 0.2) is 0 Å². The lowest BCUT2D eigenvalue weighted by Crippen LogP contribution is -2.29. The fourth-order valence-electron chi connectivity index (χ4n) is 1.65. The number of esters is 1. The Balaban J connectivity index is 3.01. The van der Waals surface area contributed by atoms with E-state index in [0.717, 1.165) is 15.4 Å². The van der Waals surface area contributed by atoms with Gasteiger partial charge in [0.25, 0.3) is 0 Å². The maximum Gasteiger partial charge on any atom is 0.306 e. The zero-order valence-corrected chi connectivity index (χ0v) is 13.0. The molecule has 2 N–H and O–H groups in total. The van der Waals surface area contributed by atoms with Crippen LogP contribution in [0.25, 0.3) is 0 Å². The molecule has 0 spiro atoms. The molecule has 7 heteroatoms. The summed E-state index contributed by atoms with van der Waals surface area (Å²) in [5, 5.41) is 0. The van der Waals surface area contributed by atoms with Crippen molar-refractivity contribution >= 4 is 21.7 Å². The number of ether oxygens (including phenoxy) is 1. The van der Waals surface area contributed by atoms with E-state index in [2.05, 4.69) is 4.74 Å². The first-order valence-corrected chi connectivity index (χ1v) is 7.54. The van der Waals surface area contributed by atoms with Crippen LogP contribution in [0.15, 0.2) is 17.0 Å². The van der Waals surface area contributed by atoms with E-state index >= 15 is 0 Å². The van der Waals surface area contributed by atoms with E-state index in [-0.39, 0.29) is 17.9 Å². The molecule has 0 aromatic heterocycles. The number of nitrogens with zero attached hydrogens (tertiary/aromatic N) is 1. The fourth-order valence-corrected chi connectivity index (χ4v) is 2.95. The van der Waals surface area contributed by atoms with Crippen molar-refractivity contribution in [3.05, 3.63) is 23.3 Å². The van der Waals surface area contributed by atoms with Crippen molar-refractivity contribution in [3.63, 3.8) is 0 Å². The Labute approximate surface area is 119 Å². The number of methoxy groups -OCH3 is 1. The number of aryl methyl sites for hydroxylation is 1. The number of hydrogen-bond donors (Lipinski definition) is 1. The van der Waals surface area contributed by atoms with Crippen LogP contribution in [0.5, 0.6) is 0 Å². The third-order valence-corrected chi connectivity index (χ3v) is 5.08. The summed E-state index contributed by atoms with van der Waals surface area (Å²) in [6.07, 6.45) is 0.00650. The van der Waals surface area contributed by atoms with Crippen molar-refractivity contribution in [2.24, 2.45) is 0 Å². The van der Waals surface area contributed by atoms with E-state index in [1.807, 2.05) is 6.92 Å². The summed E-state index contributed by atoms with van der Waals surface area (Å²) >= 11 is 0. The second-order valence-corrected chi connectivity index (χ2v) is 6.65. The molecule has 0 fully saturated rings. The van der Waals surface area contributed by atoms with Gasteiger partial charge in [0.05, 0.1) is 18.4 Å². The number of hydrogen-bond acceptors (Lipinski definition) is 5. The molecule has 1 aromatic carbocycles. The van der Waals surface area contributed by atoms with Gasteiger partial charge in [0, 0.05) is 19.3 Å². The molecule has 0 bridgehead atoms. The first kappa shape index (κ1) is 16.5. The van der Waals surface area contributed by atoms with Gasteiger partial charge in [-0.05, 0) is 37.1 Å². The second-order valence-electron chi connectivity index (χ2n) is 4.61. The van der Waals surface area contributed by atoms with E-state index in [0.29, 0.717) is 5.69 Å². The smallest absolute Gasteiger partial charge is 0.306 e. The van der Waals surface area contributed by atoms with Gasteiger partial charge >= 0.3 is 5.97 Å². The van der Waals surface area contributed by atoms with E-state index in [4.69, 9.17) is 5.73 Å². The summed E-state index contributed by atoms with van der Waals surface area (Å²) in [5.41, 5.74) is 7.91. The number of anilines is 1. The molecular formula is C13H20N2O4S. The van der Waals surface area contributed by atoms with E-state index < -0.39 is 16.0 Å². The highest BCUT2D eigenvalue weighted by atomic mass is 32.2. The Bertz CT molecular complexity index is 588. The van der Waals surface area contributed by atoms with Crippen molar-refractivity contribution in [3.8, 4) is 0 Å². The average Bonchev–Trinajstić information content (AvgIpc) is 2.40. The second kappa shape index (κ2) is 6.23.